The van der Waals surface area contributed by atoms with Crippen molar-refractivity contribution in [3.63, 3.8) is 0 Å². The topological polar surface area (TPSA) is 115 Å². The minimum absolute atomic E-state index is 0.0448. The van der Waals surface area contributed by atoms with Crippen molar-refractivity contribution in [1.82, 2.24) is 10.1 Å². The Bertz CT molecular complexity index is 1260. The van der Waals surface area contributed by atoms with Crippen LogP contribution in [0.2, 0.25) is 5.02 Å². The molecule has 0 saturated carbocycles. The van der Waals surface area contributed by atoms with E-state index in [2.05, 4.69) is 14.9 Å². The zero-order valence-corrected chi connectivity index (χ0v) is 19.0. The first-order valence-electron chi connectivity index (χ1n) is 10.0. The SMILES string of the molecule is CCc1ccc(NS(=O)(=O)c2cc3c(cc2Cl)N(Cc2noc(CC)n2)C(=O)CO3)cc1. The normalized spacial score (nSPS) is 13.6. The molecular weight excluding hydrogens is 456 g/mol. The molecule has 0 bridgehead atoms. The minimum Gasteiger partial charge on any atom is -0.482 e. The van der Waals surface area contributed by atoms with Gasteiger partial charge in [0, 0.05) is 18.2 Å². The second-order valence-corrected chi connectivity index (χ2v) is 9.19. The number of halogens is 1. The van der Waals surface area contributed by atoms with Gasteiger partial charge in [-0.1, -0.05) is 42.7 Å². The van der Waals surface area contributed by atoms with E-state index in [0.29, 0.717) is 29.5 Å². The van der Waals surface area contributed by atoms with Crippen LogP contribution in [0.3, 0.4) is 0 Å². The standard InChI is InChI=1S/C21H21ClN4O5S/c1-3-13-5-7-14(8-6-13)25-32(28,29)18-10-17-16(9-15(18)22)26(21(27)12-30-17)11-19-23-20(4-2)31-24-19/h5-10,25H,3-4,11-12H2,1-2H3. The Morgan fingerprint density at radius 1 is 1.16 bits per heavy atom. The van der Waals surface area contributed by atoms with E-state index >= 15 is 0 Å². The smallest absolute Gasteiger partial charge is 0.265 e. The van der Waals surface area contributed by atoms with Gasteiger partial charge >= 0.3 is 0 Å². The third-order valence-electron chi connectivity index (χ3n) is 4.97. The number of amides is 1. The quantitative estimate of drug-likeness (QED) is 0.554. The van der Waals surface area contributed by atoms with Crippen LogP contribution >= 0.6 is 11.6 Å². The Balaban J connectivity index is 1.64. The van der Waals surface area contributed by atoms with Crippen molar-refractivity contribution in [3.05, 3.63) is 58.7 Å². The number of hydrogen-bond donors (Lipinski definition) is 1. The molecule has 1 N–H and O–H groups in total. The maximum atomic E-state index is 13.0. The molecule has 0 aliphatic carbocycles. The lowest BCUT2D eigenvalue weighted by Crippen LogP contribution is -2.38. The maximum absolute atomic E-state index is 13.0. The summed E-state index contributed by atoms with van der Waals surface area (Å²) in [6.45, 7) is 3.68. The summed E-state index contributed by atoms with van der Waals surface area (Å²) in [7, 11) is -3.99. The third kappa shape index (κ3) is 4.42. The minimum atomic E-state index is -3.99. The fourth-order valence-corrected chi connectivity index (χ4v) is 4.84. The summed E-state index contributed by atoms with van der Waals surface area (Å²) in [5.74, 6) is 0.669. The van der Waals surface area contributed by atoms with Gasteiger partial charge in [0.25, 0.3) is 15.9 Å². The molecule has 32 heavy (non-hydrogen) atoms. The predicted molar refractivity (Wildman–Crippen MR) is 118 cm³/mol. The number of nitrogens with one attached hydrogen (secondary N) is 1. The van der Waals surface area contributed by atoms with E-state index in [4.69, 9.17) is 20.9 Å². The third-order valence-corrected chi connectivity index (χ3v) is 6.82. The predicted octanol–water partition coefficient (Wildman–Crippen LogP) is 3.57. The van der Waals surface area contributed by atoms with Gasteiger partial charge in [-0.05, 0) is 30.2 Å². The fourth-order valence-electron chi connectivity index (χ4n) is 3.24. The summed E-state index contributed by atoms with van der Waals surface area (Å²) in [5, 5.41) is 3.82. The Kier molecular flexibility index (Phi) is 6.07. The van der Waals surface area contributed by atoms with Gasteiger partial charge in [0.15, 0.2) is 12.4 Å². The fraction of sp³-hybridized carbons (Fsp3) is 0.286. The highest BCUT2D eigenvalue weighted by molar-refractivity contribution is 7.92. The van der Waals surface area contributed by atoms with Crippen LogP contribution in [0.4, 0.5) is 11.4 Å². The van der Waals surface area contributed by atoms with E-state index in [0.717, 1.165) is 12.0 Å². The Morgan fingerprint density at radius 3 is 2.56 bits per heavy atom. The molecule has 2 aromatic carbocycles. The highest BCUT2D eigenvalue weighted by Crippen LogP contribution is 2.39. The van der Waals surface area contributed by atoms with Gasteiger partial charge in [-0.15, -0.1) is 0 Å². The van der Waals surface area contributed by atoms with Gasteiger partial charge in [0.05, 0.1) is 17.3 Å². The van der Waals surface area contributed by atoms with Crippen LogP contribution in [-0.4, -0.2) is 31.1 Å². The molecule has 9 nitrogen and oxygen atoms in total. The molecule has 1 aliphatic rings. The van der Waals surface area contributed by atoms with Crippen molar-refractivity contribution < 1.29 is 22.5 Å². The summed E-state index contributed by atoms with van der Waals surface area (Å²) in [6.07, 6.45) is 1.42. The number of fused-ring (bicyclic) bond motifs is 1. The molecule has 0 spiro atoms. The first kappa shape index (κ1) is 22.1. The molecule has 0 atom stereocenters. The second kappa shape index (κ2) is 8.79. The second-order valence-electron chi connectivity index (χ2n) is 7.13. The number of nitrogens with zero attached hydrogens (tertiary/aromatic N) is 3. The van der Waals surface area contributed by atoms with Gasteiger partial charge in [0.2, 0.25) is 5.89 Å². The lowest BCUT2D eigenvalue weighted by molar-refractivity contribution is -0.121. The number of carbonyl (C=O) groups is 1. The summed E-state index contributed by atoms with van der Waals surface area (Å²) < 4.78 is 39.1. The van der Waals surface area contributed by atoms with Crippen molar-refractivity contribution >= 4 is 38.9 Å². The van der Waals surface area contributed by atoms with Crippen LogP contribution in [-0.2, 0) is 34.2 Å². The van der Waals surface area contributed by atoms with Crippen LogP contribution < -0.4 is 14.4 Å². The molecule has 1 aliphatic heterocycles. The van der Waals surface area contributed by atoms with E-state index in [1.807, 2.05) is 26.0 Å². The molecule has 1 amide bonds. The molecule has 1 aromatic heterocycles. The Hall–Kier alpha value is -3.11. The number of carbonyl (C=O) groups excluding carboxylic acids is 1. The number of hydrogen-bond acceptors (Lipinski definition) is 7. The largest absolute Gasteiger partial charge is 0.482 e. The zero-order chi connectivity index (χ0) is 22.9. The van der Waals surface area contributed by atoms with Gasteiger partial charge in [-0.25, -0.2) is 8.42 Å². The number of sulfonamides is 1. The number of benzene rings is 2. The Morgan fingerprint density at radius 2 is 1.91 bits per heavy atom. The lowest BCUT2D eigenvalue weighted by Gasteiger charge is -2.29. The molecule has 0 saturated heterocycles. The summed E-state index contributed by atoms with van der Waals surface area (Å²) >= 11 is 6.34. The Labute approximate surface area is 190 Å². The van der Waals surface area contributed by atoms with Crippen LogP contribution in [0, 0.1) is 0 Å². The van der Waals surface area contributed by atoms with Crippen molar-refractivity contribution in [3.8, 4) is 5.75 Å². The molecule has 0 radical (unpaired) electrons. The van der Waals surface area contributed by atoms with E-state index in [1.54, 1.807) is 12.1 Å². The van der Waals surface area contributed by atoms with Crippen molar-refractivity contribution in [2.75, 3.05) is 16.2 Å². The molecule has 11 heteroatoms. The highest BCUT2D eigenvalue weighted by atomic mass is 35.5. The summed E-state index contributed by atoms with van der Waals surface area (Å²) in [4.78, 5) is 17.9. The van der Waals surface area contributed by atoms with E-state index in [9.17, 15) is 13.2 Å². The lowest BCUT2D eigenvalue weighted by atomic mass is 10.2. The number of anilines is 2. The van der Waals surface area contributed by atoms with Crippen molar-refractivity contribution in [2.24, 2.45) is 0 Å². The first-order valence-corrected chi connectivity index (χ1v) is 11.9. The molecule has 168 valence electrons. The molecule has 0 fully saturated rings. The average molecular weight is 477 g/mol. The van der Waals surface area contributed by atoms with E-state index < -0.39 is 10.0 Å². The zero-order valence-electron chi connectivity index (χ0n) is 17.5. The van der Waals surface area contributed by atoms with Crippen LogP contribution in [0.5, 0.6) is 5.75 Å². The molecule has 3 aromatic rings. The summed E-state index contributed by atoms with van der Waals surface area (Å²) in [6, 6.07) is 9.78. The number of ether oxygens (including phenoxy) is 1. The maximum Gasteiger partial charge on any atom is 0.265 e. The highest BCUT2D eigenvalue weighted by Gasteiger charge is 2.30. The van der Waals surface area contributed by atoms with E-state index in [1.165, 1.54) is 17.0 Å². The van der Waals surface area contributed by atoms with Gasteiger partial charge in [-0.2, -0.15) is 4.98 Å². The van der Waals surface area contributed by atoms with Crippen LogP contribution in [0.25, 0.3) is 0 Å². The van der Waals surface area contributed by atoms with Crippen molar-refractivity contribution in [1.29, 1.82) is 0 Å². The van der Waals surface area contributed by atoms with Crippen LogP contribution in [0.15, 0.2) is 45.8 Å². The van der Waals surface area contributed by atoms with Gasteiger partial charge in [-0.3, -0.25) is 14.4 Å². The molecule has 0 unspecified atom stereocenters. The number of rotatable bonds is 7. The number of aromatic nitrogens is 2. The number of aryl methyl sites for hydroxylation is 2. The summed E-state index contributed by atoms with van der Waals surface area (Å²) in [5.41, 5.74) is 1.84. The monoisotopic (exact) mass is 476 g/mol. The molecule has 2 heterocycles. The average Bonchev–Trinajstić information content (AvgIpc) is 3.23. The van der Waals surface area contributed by atoms with E-state index in [-0.39, 0.29) is 34.7 Å². The van der Waals surface area contributed by atoms with Crippen molar-refractivity contribution in [2.45, 2.75) is 38.1 Å². The first-order chi connectivity index (χ1) is 15.3. The van der Waals surface area contributed by atoms with Crippen LogP contribution in [0.1, 0.15) is 31.1 Å². The van der Waals surface area contributed by atoms with Gasteiger partial charge < -0.3 is 9.26 Å². The van der Waals surface area contributed by atoms with Gasteiger partial charge in [0.1, 0.15) is 10.6 Å². The molecule has 4 rings (SSSR count). The molecular formula is C21H21ClN4O5S.